The monoisotopic (exact) mass is 310 g/mol. The summed E-state index contributed by atoms with van der Waals surface area (Å²) >= 11 is 0. The molecule has 0 aromatic heterocycles. The highest BCUT2D eigenvalue weighted by Gasteiger charge is 2.14. The quantitative estimate of drug-likeness (QED) is 0.672. The molecule has 2 N–H and O–H groups in total. The molecule has 4 heteroatoms. The van der Waals surface area contributed by atoms with Gasteiger partial charge in [-0.25, -0.2) is 5.43 Å². The fourth-order valence-corrected chi connectivity index (χ4v) is 2.12. The Morgan fingerprint density at radius 3 is 2.52 bits per heavy atom. The molecule has 23 heavy (non-hydrogen) atoms. The van der Waals surface area contributed by atoms with Crippen LogP contribution >= 0.6 is 0 Å². The molecule has 0 bridgehead atoms. The van der Waals surface area contributed by atoms with E-state index in [1.54, 1.807) is 6.07 Å². The highest BCUT2D eigenvalue weighted by atomic mass is 16.3. The van der Waals surface area contributed by atoms with Crippen molar-refractivity contribution in [3.63, 3.8) is 0 Å². The number of hydrogen-bond donors (Lipinski definition) is 2. The number of carbonyl (C=O) groups excluding carboxylic acids is 1. The fourth-order valence-electron chi connectivity index (χ4n) is 2.12. The largest absolute Gasteiger partial charge is 0.507 e. The lowest BCUT2D eigenvalue weighted by atomic mass is 9.86. The van der Waals surface area contributed by atoms with Crippen LogP contribution in [0.1, 0.15) is 37.5 Å². The lowest BCUT2D eigenvalue weighted by molar-refractivity contribution is -0.120. The van der Waals surface area contributed by atoms with E-state index in [1.165, 1.54) is 6.21 Å². The number of hydrogen-bond acceptors (Lipinski definition) is 3. The number of carbonyl (C=O) groups is 1. The summed E-state index contributed by atoms with van der Waals surface area (Å²) in [7, 11) is 0. The lowest BCUT2D eigenvalue weighted by Crippen LogP contribution is -2.19. The Kier molecular flexibility index (Phi) is 5.16. The lowest BCUT2D eigenvalue weighted by Gasteiger charge is -2.19. The van der Waals surface area contributed by atoms with Crippen LogP contribution in [-0.2, 0) is 16.6 Å². The SMILES string of the molecule is CC(C)(C)c1ccc(O)c(/C=N\NC(=O)Cc2ccccc2)c1. The van der Waals surface area contributed by atoms with Gasteiger partial charge in [0.2, 0.25) is 5.91 Å². The van der Waals surface area contributed by atoms with Crippen molar-refractivity contribution in [3.8, 4) is 5.75 Å². The van der Waals surface area contributed by atoms with Gasteiger partial charge in [-0.3, -0.25) is 4.79 Å². The molecule has 0 spiro atoms. The molecule has 0 heterocycles. The summed E-state index contributed by atoms with van der Waals surface area (Å²) in [6.07, 6.45) is 1.74. The van der Waals surface area contributed by atoms with E-state index >= 15 is 0 Å². The molecule has 2 rings (SSSR count). The molecule has 0 radical (unpaired) electrons. The molecule has 0 fully saturated rings. The van der Waals surface area contributed by atoms with E-state index < -0.39 is 0 Å². The number of nitrogens with zero attached hydrogens (tertiary/aromatic N) is 1. The van der Waals surface area contributed by atoms with E-state index in [1.807, 2.05) is 42.5 Å². The van der Waals surface area contributed by atoms with Gasteiger partial charge in [-0.2, -0.15) is 5.10 Å². The first-order chi connectivity index (χ1) is 10.9. The Morgan fingerprint density at radius 1 is 1.17 bits per heavy atom. The first-order valence-corrected chi connectivity index (χ1v) is 7.55. The zero-order chi connectivity index (χ0) is 16.9. The summed E-state index contributed by atoms with van der Waals surface area (Å²) in [5.74, 6) is -0.0574. The third-order valence-electron chi connectivity index (χ3n) is 3.49. The van der Waals surface area contributed by atoms with Gasteiger partial charge in [-0.05, 0) is 28.7 Å². The highest BCUT2D eigenvalue weighted by Crippen LogP contribution is 2.26. The van der Waals surface area contributed by atoms with E-state index in [0.29, 0.717) is 5.56 Å². The third kappa shape index (κ3) is 4.95. The number of rotatable bonds is 4. The van der Waals surface area contributed by atoms with E-state index in [0.717, 1.165) is 11.1 Å². The Bertz CT molecular complexity index is 701. The predicted octanol–water partition coefficient (Wildman–Crippen LogP) is 3.38. The normalized spacial score (nSPS) is 11.6. The smallest absolute Gasteiger partial charge is 0.244 e. The maximum atomic E-state index is 11.8. The molecular weight excluding hydrogens is 288 g/mol. The van der Waals surface area contributed by atoms with Crippen LogP contribution in [0.25, 0.3) is 0 Å². The van der Waals surface area contributed by atoms with Gasteiger partial charge >= 0.3 is 0 Å². The van der Waals surface area contributed by atoms with Gasteiger partial charge in [0, 0.05) is 5.56 Å². The summed E-state index contributed by atoms with van der Waals surface area (Å²) < 4.78 is 0. The minimum atomic E-state index is -0.195. The molecule has 0 aliphatic heterocycles. The maximum absolute atomic E-state index is 11.8. The molecule has 4 nitrogen and oxygen atoms in total. The number of amides is 1. The van der Waals surface area contributed by atoms with E-state index in [4.69, 9.17) is 0 Å². The van der Waals surface area contributed by atoms with E-state index in [-0.39, 0.29) is 23.5 Å². The van der Waals surface area contributed by atoms with Crippen molar-refractivity contribution in [2.75, 3.05) is 0 Å². The zero-order valence-corrected chi connectivity index (χ0v) is 13.7. The predicted molar refractivity (Wildman–Crippen MR) is 92.7 cm³/mol. The van der Waals surface area contributed by atoms with Gasteiger partial charge < -0.3 is 5.11 Å². The molecule has 2 aromatic carbocycles. The van der Waals surface area contributed by atoms with Crippen LogP contribution in [0.2, 0.25) is 0 Å². The number of phenolic OH excluding ortho intramolecular Hbond substituents is 1. The molecule has 0 aliphatic rings. The summed E-state index contributed by atoms with van der Waals surface area (Å²) in [6.45, 7) is 6.30. The van der Waals surface area contributed by atoms with Crippen molar-refractivity contribution in [1.82, 2.24) is 5.43 Å². The second-order valence-electron chi connectivity index (χ2n) is 6.48. The Labute approximate surface area is 136 Å². The Balaban J connectivity index is 2.01. The fraction of sp³-hybridized carbons (Fsp3) is 0.263. The number of nitrogens with one attached hydrogen (secondary N) is 1. The highest BCUT2D eigenvalue weighted by molar-refractivity contribution is 5.85. The number of phenols is 1. The van der Waals surface area contributed by atoms with Gasteiger partial charge in [0.1, 0.15) is 5.75 Å². The first-order valence-electron chi connectivity index (χ1n) is 7.55. The maximum Gasteiger partial charge on any atom is 0.244 e. The van der Waals surface area contributed by atoms with Crippen molar-refractivity contribution < 1.29 is 9.90 Å². The molecule has 0 atom stereocenters. The van der Waals surface area contributed by atoms with Gasteiger partial charge in [0.15, 0.2) is 0 Å². The molecular formula is C19H22N2O2. The number of benzene rings is 2. The minimum Gasteiger partial charge on any atom is -0.507 e. The van der Waals surface area contributed by atoms with Crippen LogP contribution in [0.4, 0.5) is 0 Å². The van der Waals surface area contributed by atoms with Crippen LogP contribution in [0, 0.1) is 0 Å². The Hall–Kier alpha value is -2.62. The van der Waals surface area contributed by atoms with Crippen LogP contribution in [0.15, 0.2) is 53.6 Å². The molecule has 0 saturated heterocycles. The summed E-state index contributed by atoms with van der Waals surface area (Å²) in [4.78, 5) is 11.8. The van der Waals surface area contributed by atoms with Crippen molar-refractivity contribution in [1.29, 1.82) is 0 Å². The van der Waals surface area contributed by atoms with Gasteiger partial charge in [0.25, 0.3) is 0 Å². The summed E-state index contributed by atoms with van der Waals surface area (Å²) in [5, 5.41) is 13.8. The molecule has 0 saturated carbocycles. The van der Waals surface area contributed by atoms with E-state index in [2.05, 4.69) is 31.3 Å². The van der Waals surface area contributed by atoms with Crippen LogP contribution in [0.5, 0.6) is 5.75 Å². The van der Waals surface area contributed by atoms with E-state index in [9.17, 15) is 9.90 Å². The molecule has 0 unspecified atom stereocenters. The van der Waals surface area contributed by atoms with Gasteiger partial charge in [0.05, 0.1) is 12.6 Å². The van der Waals surface area contributed by atoms with Crippen molar-refractivity contribution in [2.24, 2.45) is 5.10 Å². The van der Waals surface area contributed by atoms with Gasteiger partial charge in [-0.1, -0.05) is 57.2 Å². The van der Waals surface area contributed by atoms with Gasteiger partial charge in [-0.15, -0.1) is 0 Å². The standard InChI is InChI=1S/C19H22N2O2/c1-19(2,3)16-9-10-17(22)15(12-16)13-20-21-18(23)11-14-7-5-4-6-8-14/h4-10,12-13,22H,11H2,1-3H3,(H,21,23)/b20-13-. The minimum absolute atomic E-state index is 0.0210. The van der Waals surface area contributed by atoms with Crippen LogP contribution in [0.3, 0.4) is 0 Å². The summed E-state index contributed by atoms with van der Waals surface area (Å²) in [5.41, 5.74) is 5.06. The molecule has 0 aliphatic carbocycles. The van der Waals surface area contributed by atoms with Crippen molar-refractivity contribution in [2.45, 2.75) is 32.6 Å². The number of hydrazone groups is 1. The average molecular weight is 310 g/mol. The third-order valence-corrected chi connectivity index (χ3v) is 3.49. The molecule has 1 amide bonds. The molecule has 2 aromatic rings. The zero-order valence-electron chi connectivity index (χ0n) is 13.7. The second kappa shape index (κ2) is 7.09. The average Bonchev–Trinajstić information content (AvgIpc) is 2.49. The number of aromatic hydroxyl groups is 1. The Morgan fingerprint density at radius 2 is 1.87 bits per heavy atom. The molecule has 120 valence electrons. The summed E-state index contributed by atoms with van der Waals surface area (Å²) in [6, 6.07) is 14.9. The van der Waals surface area contributed by atoms with Crippen molar-refractivity contribution in [3.05, 3.63) is 65.2 Å². The topological polar surface area (TPSA) is 61.7 Å². The van der Waals surface area contributed by atoms with Crippen LogP contribution in [-0.4, -0.2) is 17.2 Å². The van der Waals surface area contributed by atoms with Crippen LogP contribution < -0.4 is 5.43 Å². The first kappa shape index (κ1) is 16.7. The second-order valence-corrected chi connectivity index (χ2v) is 6.48. The van der Waals surface area contributed by atoms with Crippen molar-refractivity contribution >= 4 is 12.1 Å².